The first-order valence-corrected chi connectivity index (χ1v) is 9.84. The molecule has 6 heteroatoms. The van der Waals surface area contributed by atoms with E-state index in [4.69, 9.17) is 5.11 Å². The molecule has 0 heterocycles. The summed E-state index contributed by atoms with van der Waals surface area (Å²) in [4.78, 5) is 25.0. The van der Waals surface area contributed by atoms with Crippen molar-refractivity contribution in [2.75, 3.05) is 19.6 Å². The molecule has 150 valence electrons. The Morgan fingerprint density at radius 1 is 1.19 bits per heavy atom. The van der Waals surface area contributed by atoms with E-state index in [-0.39, 0.29) is 30.1 Å². The van der Waals surface area contributed by atoms with Crippen LogP contribution in [-0.4, -0.2) is 53.7 Å². The molecule has 2 rings (SSSR count). The fourth-order valence-corrected chi connectivity index (χ4v) is 3.51. The van der Waals surface area contributed by atoms with Crippen LogP contribution in [0.1, 0.15) is 51.7 Å². The molecule has 0 aliphatic heterocycles. The molecule has 1 fully saturated rings. The molecule has 27 heavy (non-hydrogen) atoms. The number of rotatable bonds is 9. The second-order valence-electron chi connectivity index (χ2n) is 8.04. The Morgan fingerprint density at radius 2 is 1.81 bits per heavy atom. The number of hydrogen-bond donors (Lipinski definition) is 3. The fourth-order valence-electron chi connectivity index (χ4n) is 3.51. The van der Waals surface area contributed by atoms with Gasteiger partial charge < -0.3 is 15.7 Å². The van der Waals surface area contributed by atoms with Gasteiger partial charge in [0, 0.05) is 24.0 Å². The maximum atomic E-state index is 12.2. The van der Waals surface area contributed by atoms with Crippen molar-refractivity contribution < 1.29 is 14.7 Å². The van der Waals surface area contributed by atoms with Crippen molar-refractivity contribution in [2.24, 2.45) is 0 Å². The molecule has 0 bridgehead atoms. The van der Waals surface area contributed by atoms with E-state index < -0.39 is 5.97 Å². The monoisotopic (exact) mass is 375 g/mol. The normalized spacial score (nSPS) is 19.4. The maximum Gasteiger partial charge on any atom is 0.317 e. The van der Waals surface area contributed by atoms with Crippen molar-refractivity contribution in [1.82, 2.24) is 15.5 Å². The molecule has 0 spiro atoms. The lowest BCUT2D eigenvalue weighted by atomic mass is 9.84. The first-order valence-electron chi connectivity index (χ1n) is 9.84. The molecule has 0 atom stereocenters. The average Bonchev–Trinajstić information content (AvgIpc) is 2.61. The zero-order valence-corrected chi connectivity index (χ0v) is 16.9. The quantitative estimate of drug-likeness (QED) is 0.620. The first kappa shape index (κ1) is 21.2. The molecule has 1 aromatic rings. The van der Waals surface area contributed by atoms with Gasteiger partial charge in [0.2, 0.25) is 0 Å². The highest BCUT2D eigenvalue weighted by molar-refractivity contribution is 5.74. The maximum absolute atomic E-state index is 12.2. The van der Waals surface area contributed by atoms with E-state index in [0.717, 1.165) is 19.3 Å². The number of aliphatic carboxylic acids is 1. The molecule has 1 aromatic carbocycles. The number of likely N-dealkylation sites (N-methyl/N-ethyl adjacent to an activating group) is 1. The largest absolute Gasteiger partial charge is 0.480 e. The number of carbonyl (C=O) groups is 2. The lowest BCUT2D eigenvalue weighted by Gasteiger charge is -2.42. The minimum absolute atomic E-state index is 0.0606. The number of carbonyl (C=O) groups excluding carboxylic acids is 1. The van der Waals surface area contributed by atoms with E-state index in [1.165, 1.54) is 11.1 Å². The third-order valence-electron chi connectivity index (χ3n) is 5.54. The smallest absolute Gasteiger partial charge is 0.317 e. The van der Waals surface area contributed by atoms with Crippen LogP contribution in [0.4, 0.5) is 4.79 Å². The van der Waals surface area contributed by atoms with Crippen LogP contribution in [0.5, 0.6) is 0 Å². The number of nitrogens with one attached hydrogen (secondary N) is 2. The number of urea groups is 1. The summed E-state index contributed by atoms with van der Waals surface area (Å²) >= 11 is 0. The Labute approximate surface area is 162 Å². The summed E-state index contributed by atoms with van der Waals surface area (Å²) in [6.07, 6.45) is 2.62. The van der Waals surface area contributed by atoms with E-state index in [0.29, 0.717) is 13.1 Å². The van der Waals surface area contributed by atoms with Gasteiger partial charge in [-0.25, -0.2) is 4.79 Å². The van der Waals surface area contributed by atoms with Gasteiger partial charge in [-0.2, -0.15) is 0 Å². The summed E-state index contributed by atoms with van der Waals surface area (Å²) in [5.41, 5.74) is 2.37. The zero-order valence-electron chi connectivity index (χ0n) is 16.9. The molecule has 3 N–H and O–H groups in total. The number of carboxylic acid groups (broad SMARTS) is 1. The van der Waals surface area contributed by atoms with Crippen LogP contribution < -0.4 is 10.6 Å². The van der Waals surface area contributed by atoms with Crippen LogP contribution in [0.3, 0.4) is 0 Å². The fraction of sp³-hybridized carbons (Fsp3) is 0.619. The predicted octanol–water partition coefficient (Wildman–Crippen LogP) is 2.76. The number of nitrogens with zero attached hydrogens (tertiary/aromatic N) is 1. The SMILES string of the molecule is CCc1ccc(C(C)(C)CNC(=O)NC2CC(N(CC)CC(=O)O)C2)cc1. The standard InChI is InChI=1S/C21H33N3O3/c1-5-15-7-9-16(10-8-15)21(3,4)14-22-20(27)23-17-11-18(12-17)24(6-2)13-19(25)26/h7-10,17-18H,5-6,11-14H2,1-4H3,(H,25,26)(H2,22,23,27). The molecule has 1 saturated carbocycles. The Bertz CT molecular complexity index is 637. The Hall–Kier alpha value is -2.08. The number of aryl methyl sites for hydroxylation is 1. The van der Waals surface area contributed by atoms with E-state index in [2.05, 4.69) is 55.7 Å². The van der Waals surface area contributed by atoms with Crippen molar-refractivity contribution in [3.05, 3.63) is 35.4 Å². The summed E-state index contributed by atoms with van der Waals surface area (Å²) in [6.45, 7) is 9.67. The Kier molecular flexibility index (Phi) is 7.25. The molecule has 1 aliphatic carbocycles. The van der Waals surface area contributed by atoms with Crippen molar-refractivity contribution in [3.8, 4) is 0 Å². The Morgan fingerprint density at radius 3 is 2.33 bits per heavy atom. The predicted molar refractivity (Wildman–Crippen MR) is 107 cm³/mol. The molecule has 0 saturated heterocycles. The van der Waals surface area contributed by atoms with Crippen molar-refractivity contribution in [2.45, 2.75) is 64.5 Å². The molecule has 0 radical (unpaired) electrons. The molecule has 1 aliphatic rings. The summed E-state index contributed by atoms with van der Waals surface area (Å²) < 4.78 is 0. The van der Waals surface area contributed by atoms with Crippen LogP contribution in [0.2, 0.25) is 0 Å². The second-order valence-corrected chi connectivity index (χ2v) is 8.04. The number of carboxylic acids is 1. The van der Waals surface area contributed by atoms with Gasteiger partial charge in [0.05, 0.1) is 6.54 Å². The van der Waals surface area contributed by atoms with Crippen LogP contribution in [0.15, 0.2) is 24.3 Å². The molecular formula is C21H33N3O3. The summed E-state index contributed by atoms with van der Waals surface area (Å²) in [5.74, 6) is -0.805. The number of amides is 2. The van der Waals surface area contributed by atoms with Gasteiger partial charge in [-0.05, 0) is 36.9 Å². The summed E-state index contributed by atoms with van der Waals surface area (Å²) in [6, 6.07) is 8.76. The number of benzene rings is 1. The van der Waals surface area contributed by atoms with Crippen molar-refractivity contribution in [1.29, 1.82) is 0 Å². The zero-order chi connectivity index (χ0) is 20.0. The highest BCUT2D eigenvalue weighted by atomic mass is 16.4. The molecule has 0 aromatic heterocycles. The van der Waals surface area contributed by atoms with Gasteiger partial charge in [0.25, 0.3) is 0 Å². The molecular weight excluding hydrogens is 342 g/mol. The van der Waals surface area contributed by atoms with E-state index in [9.17, 15) is 9.59 Å². The minimum atomic E-state index is -0.805. The first-order chi connectivity index (χ1) is 12.7. The minimum Gasteiger partial charge on any atom is -0.480 e. The Balaban J connectivity index is 1.75. The molecule has 2 amide bonds. The second kappa shape index (κ2) is 9.22. The van der Waals surface area contributed by atoms with Crippen molar-refractivity contribution >= 4 is 12.0 Å². The van der Waals surface area contributed by atoms with Crippen molar-refractivity contribution in [3.63, 3.8) is 0 Å². The number of hydrogen-bond acceptors (Lipinski definition) is 3. The topological polar surface area (TPSA) is 81.7 Å². The van der Waals surface area contributed by atoms with Gasteiger partial charge in [0.15, 0.2) is 0 Å². The van der Waals surface area contributed by atoms with E-state index in [1.54, 1.807) is 0 Å². The van der Waals surface area contributed by atoms with Gasteiger partial charge in [-0.1, -0.05) is 52.0 Å². The van der Waals surface area contributed by atoms with Crippen LogP contribution in [-0.2, 0) is 16.6 Å². The highest BCUT2D eigenvalue weighted by Gasteiger charge is 2.34. The van der Waals surface area contributed by atoms with Gasteiger partial charge >= 0.3 is 12.0 Å². The van der Waals surface area contributed by atoms with Gasteiger partial charge in [0.1, 0.15) is 0 Å². The molecule has 0 unspecified atom stereocenters. The third-order valence-corrected chi connectivity index (χ3v) is 5.54. The van der Waals surface area contributed by atoms with Crippen LogP contribution in [0.25, 0.3) is 0 Å². The van der Waals surface area contributed by atoms with Crippen LogP contribution in [0, 0.1) is 0 Å². The van der Waals surface area contributed by atoms with Crippen LogP contribution >= 0.6 is 0 Å². The summed E-state index contributed by atoms with van der Waals surface area (Å²) in [5, 5.41) is 14.9. The van der Waals surface area contributed by atoms with Gasteiger partial charge in [-0.3, -0.25) is 9.69 Å². The average molecular weight is 376 g/mol. The van der Waals surface area contributed by atoms with Gasteiger partial charge in [-0.15, -0.1) is 0 Å². The van der Waals surface area contributed by atoms with E-state index >= 15 is 0 Å². The summed E-state index contributed by atoms with van der Waals surface area (Å²) in [7, 11) is 0. The lowest BCUT2D eigenvalue weighted by molar-refractivity contribution is -0.139. The van der Waals surface area contributed by atoms with E-state index in [1.807, 2.05) is 11.8 Å². The lowest BCUT2D eigenvalue weighted by Crippen LogP contribution is -2.56. The third kappa shape index (κ3) is 5.96. The highest BCUT2D eigenvalue weighted by Crippen LogP contribution is 2.26. The molecule has 6 nitrogen and oxygen atoms in total.